The van der Waals surface area contributed by atoms with Crippen LogP contribution in [0.25, 0.3) is 0 Å². The normalized spacial score (nSPS) is 22.8. The van der Waals surface area contributed by atoms with Gasteiger partial charge in [-0.25, -0.2) is 0 Å². The molecule has 0 saturated heterocycles. The molecule has 2 unspecified atom stereocenters. The van der Waals surface area contributed by atoms with Gasteiger partial charge in [0.1, 0.15) is 0 Å². The van der Waals surface area contributed by atoms with Crippen molar-refractivity contribution in [2.45, 2.75) is 12.2 Å². The van der Waals surface area contributed by atoms with Crippen molar-refractivity contribution in [2.24, 2.45) is 5.73 Å². The summed E-state index contributed by atoms with van der Waals surface area (Å²) in [5.74, 6) is 0.470. The van der Waals surface area contributed by atoms with Crippen LogP contribution in [0.4, 0.5) is 0 Å². The predicted molar refractivity (Wildman–Crippen MR) is 55.2 cm³/mol. The second-order valence-electron chi connectivity index (χ2n) is 3.43. The lowest BCUT2D eigenvalue weighted by Gasteiger charge is -2.31. The van der Waals surface area contributed by atoms with E-state index in [1.165, 1.54) is 7.11 Å². The number of primary amides is 1. The number of carbonyl (C=O) groups is 1. The molecule has 5 nitrogen and oxygen atoms in total. The lowest BCUT2D eigenvalue weighted by molar-refractivity contribution is -0.132. The summed E-state index contributed by atoms with van der Waals surface area (Å²) >= 11 is 0. The van der Waals surface area contributed by atoms with Gasteiger partial charge < -0.3 is 19.9 Å². The molecule has 2 N–H and O–H groups in total. The van der Waals surface area contributed by atoms with E-state index in [0.29, 0.717) is 11.5 Å². The van der Waals surface area contributed by atoms with E-state index in [0.717, 1.165) is 0 Å². The Labute approximate surface area is 93.1 Å². The fourth-order valence-corrected chi connectivity index (χ4v) is 1.55. The summed E-state index contributed by atoms with van der Waals surface area (Å²) in [7, 11) is 1.52. The van der Waals surface area contributed by atoms with Crippen LogP contribution in [-0.2, 0) is 9.53 Å². The van der Waals surface area contributed by atoms with Crippen LogP contribution in [0.15, 0.2) is 18.2 Å². The van der Waals surface area contributed by atoms with E-state index in [2.05, 4.69) is 6.07 Å². The third-order valence-electron chi connectivity index (χ3n) is 2.27. The number of methoxy groups -OCH3 is 1. The van der Waals surface area contributed by atoms with Crippen LogP contribution in [0.5, 0.6) is 11.5 Å². The molecule has 16 heavy (non-hydrogen) atoms. The molecule has 0 saturated carbocycles. The smallest absolute Gasteiger partial charge is 0.262 e. The molecule has 0 fully saturated rings. The van der Waals surface area contributed by atoms with E-state index in [9.17, 15) is 4.79 Å². The van der Waals surface area contributed by atoms with Crippen molar-refractivity contribution in [3.05, 3.63) is 24.3 Å². The number of hydrogen-bond acceptors (Lipinski definition) is 4. The van der Waals surface area contributed by atoms with Gasteiger partial charge in [-0.1, -0.05) is 6.07 Å². The molecule has 0 aliphatic carbocycles. The molecular weight excluding hydrogens is 210 g/mol. The number of ether oxygens (including phenoxy) is 3. The Kier molecular flexibility index (Phi) is 2.96. The van der Waals surface area contributed by atoms with E-state index in [4.69, 9.17) is 19.9 Å². The van der Waals surface area contributed by atoms with Gasteiger partial charge in [-0.05, 0) is 18.2 Å². The van der Waals surface area contributed by atoms with Gasteiger partial charge in [0.05, 0.1) is 6.61 Å². The van der Waals surface area contributed by atoms with Crippen LogP contribution < -0.4 is 15.2 Å². The summed E-state index contributed by atoms with van der Waals surface area (Å²) in [4.78, 5) is 11.2. The molecule has 1 aromatic rings. The summed E-state index contributed by atoms with van der Waals surface area (Å²) in [6.45, 7) is 0.238. The maximum absolute atomic E-state index is 11.2. The number of amides is 1. The van der Waals surface area contributed by atoms with Gasteiger partial charge in [0, 0.05) is 7.11 Å². The fourth-order valence-electron chi connectivity index (χ4n) is 1.55. The van der Waals surface area contributed by atoms with Gasteiger partial charge >= 0.3 is 0 Å². The van der Waals surface area contributed by atoms with Gasteiger partial charge in [-0.15, -0.1) is 0 Å². The topological polar surface area (TPSA) is 70.8 Å². The predicted octanol–water partition coefficient (Wildman–Crippen LogP) is 0.127. The summed E-state index contributed by atoms with van der Waals surface area (Å²) in [6.07, 6.45) is -1.35. The first-order valence-electron chi connectivity index (χ1n) is 4.84. The number of fused-ring (bicyclic) bond motifs is 1. The Morgan fingerprint density at radius 2 is 2.38 bits per heavy atom. The molecule has 1 aliphatic rings. The second kappa shape index (κ2) is 4.40. The molecule has 0 bridgehead atoms. The molecule has 1 radical (unpaired) electrons. The minimum absolute atomic E-state index is 0.238. The SMILES string of the molecule is COCC1Oc2c[c]ccc2OC1C(N)=O. The molecule has 2 atom stereocenters. The number of hydrogen-bond donors (Lipinski definition) is 1. The van der Waals surface area contributed by atoms with Crippen LogP contribution in [0.2, 0.25) is 0 Å². The van der Waals surface area contributed by atoms with Crippen molar-refractivity contribution >= 4 is 5.91 Å². The first kappa shape index (κ1) is 10.8. The fraction of sp³-hybridized carbons (Fsp3) is 0.364. The third kappa shape index (κ3) is 1.94. The number of carbonyl (C=O) groups excluding carboxylic acids is 1. The van der Waals surface area contributed by atoms with Gasteiger partial charge in [0.25, 0.3) is 5.91 Å². The van der Waals surface area contributed by atoms with E-state index in [1.807, 2.05) is 0 Å². The highest BCUT2D eigenvalue weighted by atomic mass is 16.6. The zero-order valence-corrected chi connectivity index (χ0v) is 8.80. The molecule has 5 heteroatoms. The summed E-state index contributed by atoms with van der Waals surface area (Å²) in [5.41, 5.74) is 5.24. The summed E-state index contributed by atoms with van der Waals surface area (Å²) < 4.78 is 16.0. The van der Waals surface area contributed by atoms with E-state index in [-0.39, 0.29) is 6.61 Å². The standard InChI is InChI=1S/C11H12NO4/c1-14-6-9-10(11(12)13)16-8-5-3-2-4-7(8)15-9/h3-5,9-10H,6H2,1H3,(H2,12,13). The van der Waals surface area contributed by atoms with Gasteiger partial charge in [-0.2, -0.15) is 0 Å². The average molecular weight is 222 g/mol. The van der Waals surface area contributed by atoms with Crippen molar-refractivity contribution in [3.63, 3.8) is 0 Å². The quantitative estimate of drug-likeness (QED) is 0.789. The monoisotopic (exact) mass is 222 g/mol. The van der Waals surface area contributed by atoms with Crippen molar-refractivity contribution < 1.29 is 19.0 Å². The molecular formula is C11H12NO4. The first-order chi connectivity index (χ1) is 7.72. The van der Waals surface area contributed by atoms with Crippen LogP contribution >= 0.6 is 0 Å². The minimum Gasteiger partial charge on any atom is -0.480 e. The van der Waals surface area contributed by atoms with Crippen LogP contribution in [0.1, 0.15) is 0 Å². The Bertz CT molecular complexity index is 393. The molecule has 1 amide bonds. The van der Waals surface area contributed by atoms with Crippen LogP contribution in [0, 0.1) is 6.07 Å². The summed E-state index contributed by atoms with van der Waals surface area (Å²) in [6, 6.07) is 7.87. The van der Waals surface area contributed by atoms with Gasteiger partial charge in [0.2, 0.25) is 6.10 Å². The maximum atomic E-state index is 11.2. The highest BCUT2D eigenvalue weighted by Gasteiger charge is 2.35. The Morgan fingerprint density at radius 3 is 3.06 bits per heavy atom. The molecule has 1 aliphatic heterocycles. The average Bonchev–Trinajstić information content (AvgIpc) is 2.28. The lowest BCUT2D eigenvalue weighted by Crippen LogP contribution is -2.50. The molecule has 1 aromatic carbocycles. The number of benzene rings is 1. The van der Waals surface area contributed by atoms with Crippen LogP contribution in [-0.4, -0.2) is 31.8 Å². The Morgan fingerprint density at radius 1 is 1.56 bits per heavy atom. The Balaban J connectivity index is 2.25. The zero-order chi connectivity index (χ0) is 11.5. The minimum atomic E-state index is -0.824. The molecule has 0 aromatic heterocycles. The van der Waals surface area contributed by atoms with E-state index < -0.39 is 18.1 Å². The largest absolute Gasteiger partial charge is 0.480 e. The Hall–Kier alpha value is -1.75. The van der Waals surface area contributed by atoms with Gasteiger partial charge in [0.15, 0.2) is 17.6 Å². The van der Waals surface area contributed by atoms with Crippen molar-refractivity contribution in [1.82, 2.24) is 0 Å². The maximum Gasteiger partial charge on any atom is 0.262 e. The lowest BCUT2D eigenvalue weighted by atomic mass is 10.1. The molecule has 0 spiro atoms. The van der Waals surface area contributed by atoms with Crippen LogP contribution in [0.3, 0.4) is 0 Å². The molecule has 2 rings (SSSR count). The molecule has 85 valence electrons. The van der Waals surface area contributed by atoms with Crippen molar-refractivity contribution in [1.29, 1.82) is 0 Å². The first-order valence-corrected chi connectivity index (χ1v) is 4.84. The highest BCUT2D eigenvalue weighted by Crippen LogP contribution is 2.33. The zero-order valence-electron chi connectivity index (χ0n) is 8.80. The van der Waals surface area contributed by atoms with Crippen molar-refractivity contribution in [3.8, 4) is 11.5 Å². The third-order valence-corrected chi connectivity index (χ3v) is 2.27. The number of rotatable bonds is 3. The van der Waals surface area contributed by atoms with E-state index >= 15 is 0 Å². The van der Waals surface area contributed by atoms with Gasteiger partial charge in [-0.3, -0.25) is 4.79 Å². The highest BCUT2D eigenvalue weighted by molar-refractivity contribution is 5.80. The number of nitrogens with two attached hydrogens (primary N) is 1. The second-order valence-corrected chi connectivity index (χ2v) is 3.43. The van der Waals surface area contributed by atoms with Crippen molar-refractivity contribution in [2.75, 3.05) is 13.7 Å². The van der Waals surface area contributed by atoms with E-state index in [1.54, 1.807) is 18.2 Å². The molecule has 1 heterocycles. The summed E-state index contributed by atoms with van der Waals surface area (Å²) in [5, 5.41) is 0.